The third kappa shape index (κ3) is 5.41. The largest absolute Gasteiger partial charge is 0.330 e. The van der Waals surface area contributed by atoms with Crippen LogP contribution >= 0.6 is 0 Å². The molecule has 0 unspecified atom stereocenters. The van der Waals surface area contributed by atoms with E-state index in [0.717, 1.165) is 4.31 Å². The van der Waals surface area contributed by atoms with E-state index in [4.69, 9.17) is 0 Å². The van der Waals surface area contributed by atoms with Crippen LogP contribution in [-0.4, -0.2) is 38.8 Å². The van der Waals surface area contributed by atoms with Crippen LogP contribution in [0.1, 0.15) is 32.4 Å². The summed E-state index contributed by atoms with van der Waals surface area (Å²) in [5, 5.41) is 4.89. The molecule has 0 heterocycles. The Labute approximate surface area is 168 Å². The lowest BCUT2D eigenvalue weighted by molar-refractivity contribution is -0.718. The van der Waals surface area contributed by atoms with Gasteiger partial charge in [-0.2, -0.15) is 0 Å². The van der Waals surface area contributed by atoms with Crippen LogP contribution in [0.25, 0.3) is 0 Å². The van der Waals surface area contributed by atoms with Crippen molar-refractivity contribution in [3.63, 3.8) is 0 Å². The Bertz CT molecular complexity index is 896. The third-order valence-electron chi connectivity index (χ3n) is 4.69. The molecule has 28 heavy (non-hydrogen) atoms. The van der Waals surface area contributed by atoms with Crippen LogP contribution < -0.4 is 10.6 Å². The normalized spacial score (nSPS) is 14.1. The molecule has 0 fully saturated rings. The maximum absolute atomic E-state index is 12.7. The first-order valence-corrected chi connectivity index (χ1v) is 10.8. The number of nitrogens with one attached hydrogen (secondary N) is 1. The predicted octanol–water partition coefficient (Wildman–Crippen LogP) is 2.22. The van der Waals surface area contributed by atoms with Gasteiger partial charge < -0.3 is 10.6 Å². The van der Waals surface area contributed by atoms with Gasteiger partial charge in [-0.15, -0.1) is 0 Å². The van der Waals surface area contributed by atoms with Crippen LogP contribution in [0.15, 0.2) is 59.5 Å². The molecule has 3 N–H and O–H groups in total. The highest BCUT2D eigenvalue weighted by Crippen LogP contribution is 2.19. The molecule has 2 aromatic carbocycles. The van der Waals surface area contributed by atoms with Gasteiger partial charge in [0.15, 0.2) is 6.04 Å². The van der Waals surface area contributed by atoms with Crippen LogP contribution in [0.5, 0.6) is 0 Å². The molecule has 152 valence electrons. The van der Waals surface area contributed by atoms with Gasteiger partial charge in [-0.05, 0) is 25.1 Å². The van der Waals surface area contributed by atoms with E-state index in [1.165, 1.54) is 31.8 Å². The molecular weight excluding hydrogens is 374 g/mol. The second kappa shape index (κ2) is 9.32. The molecule has 2 aromatic rings. The van der Waals surface area contributed by atoms with Crippen molar-refractivity contribution in [2.45, 2.75) is 37.8 Å². The van der Waals surface area contributed by atoms with Gasteiger partial charge >= 0.3 is 0 Å². The summed E-state index contributed by atoms with van der Waals surface area (Å²) < 4.78 is 25.7. The first-order valence-electron chi connectivity index (χ1n) is 9.36. The van der Waals surface area contributed by atoms with E-state index >= 15 is 0 Å². The zero-order chi connectivity index (χ0) is 20.9. The Morgan fingerprint density at radius 3 is 2.21 bits per heavy atom. The number of carbonyl (C=O) groups excluding carboxylic acids is 1. The molecule has 2 atom stereocenters. The van der Waals surface area contributed by atoms with E-state index in [9.17, 15) is 13.2 Å². The van der Waals surface area contributed by atoms with Gasteiger partial charge in [-0.1, -0.05) is 50.2 Å². The number of quaternary nitrogens is 1. The second-order valence-electron chi connectivity index (χ2n) is 7.47. The van der Waals surface area contributed by atoms with E-state index in [2.05, 4.69) is 36.6 Å². The van der Waals surface area contributed by atoms with E-state index in [1.807, 2.05) is 25.1 Å². The van der Waals surface area contributed by atoms with Gasteiger partial charge in [0.25, 0.3) is 5.91 Å². The Morgan fingerprint density at radius 1 is 1.00 bits per heavy atom. The Morgan fingerprint density at radius 2 is 1.64 bits per heavy atom. The van der Waals surface area contributed by atoms with Gasteiger partial charge in [-0.25, -0.2) is 12.7 Å². The maximum Gasteiger partial charge on any atom is 0.282 e. The number of sulfonamides is 1. The minimum atomic E-state index is -3.55. The number of anilines is 1. The summed E-state index contributed by atoms with van der Waals surface area (Å²) in [7, 11) is -0.589. The van der Waals surface area contributed by atoms with Crippen molar-refractivity contribution in [3.05, 3.63) is 60.2 Å². The van der Waals surface area contributed by atoms with Crippen LogP contribution in [0.3, 0.4) is 0 Å². The number of rotatable bonds is 8. The molecule has 0 aliphatic carbocycles. The second-order valence-corrected chi connectivity index (χ2v) is 9.62. The molecule has 7 heteroatoms. The average Bonchev–Trinajstić information content (AvgIpc) is 2.66. The van der Waals surface area contributed by atoms with Crippen molar-refractivity contribution in [1.82, 2.24) is 4.31 Å². The summed E-state index contributed by atoms with van der Waals surface area (Å²) in [6.45, 7) is 6.12. The minimum absolute atomic E-state index is 0.149. The topological polar surface area (TPSA) is 83.1 Å². The van der Waals surface area contributed by atoms with Crippen LogP contribution in [0.2, 0.25) is 0 Å². The molecule has 0 aliphatic heterocycles. The quantitative estimate of drug-likeness (QED) is 0.708. The summed E-state index contributed by atoms with van der Waals surface area (Å²) in [5.74, 6) is 0.187. The summed E-state index contributed by atoms with van der Waals surface area (Å²) in [5.41, 5.74) is 1.64. The van der Waals surface area contributed by atoms with E-state index in [0.29, 0.717) is 11.6 Å². The standard InChI is InChI=1S/C21H29N3O3S/c1-15(2)20(17-10-7-6-8-11-17)22-16(3)21(25)23-18-12-9-13-19(14-18)28(26,27)24(4)5/h6-16,20,22H,1-5H3,(H,23,25)/p+1/t16-,20-/m1/s1. The summed E-state index contributed by atoms with van der Waals surface area (Å²) in [6.07, 6.45) is 0. The number of hydrogen-bond acceptors (Lipinski definition) is 3. The zero-order valence-electron chi connectivity index (χ0n) is 17.1. The molecule has 6 nitrogen and oxygen atoms in total. The van der Waals surface area contributed by atoms with Crippen molar-refractivity contribution >= 4 is 21.6 Å². The summed E-state index contributed by atoms with van der Waals surface area (Å²) >= 11 is 0. The molecular formula is C21H30N3O3S+. The Hall–Kier alpha value is -2.22. The van der Waals surface area contributed by atoms with Crippen molar-refractivity contribution in [2.24, 2.45) is 5.92 Å². The molecule has 0 spiro atoms. The number of benzene rings is 2. The van der Waals surface area contributed by atoms with Gasteiger partial charge in [0.1, 0.15) is 6.04 Å². The molecule has 1 amide bonds. The number of nitrogens with two attached hydrogens (primary N) is 1. The van der Waals surface area contributed by atoms with Gasteiger partial charge in [-0.3, -0.25) is 4.79 Å². The first kappa shape index (κ1) is 22.1. The molecule has 0 bridgehead atoms. The van der Waals surface area contributed by atoms with Crippen LogP contribution in [-0.2, 0) is 14.8 Å². The Kier molecular flexibility index (Phi) is 7.35. The number of amides is 1. The fourth-order valence-corrected chi connectivity index (χ4v) is 3.94. The third-order valence-corrected chi connectivity index (χ3v) is 6.50. The molecule has 0 radical (unpaired) electrons. The molecule has 0 aliphatic rings. The predicted molar refractivity (Wildman–Crippen MR) is 111 cm³/mol. The number of nitrogens with zero attached hydrogens (tertiary/aromatic N) is 1. The lowest BCUT2D eigenvalue weighted by Gasteiger charge is -2.23. The van der Waals surface area contributed by atoms with Crippen molar-refractivity contribution in [3.8, 4) is 0 Å². The molecule has 2 rings (SSSR count). The van der Waals surface area contributed by atoms with E-state index < -0.39 is 10.0 Å². The molecule has 0 saturated carbocycles. The number of carbonyl (C=O) groups is 1. The van der Waals surface area contributed by atoms with E-state index in [1.54, 1.807) is 12.1 Å². The first-order chi connectivity index (χ1) is 13.1. The summed E-state index contributed by atoms with van der Waals surface area (Å²) in [4.78, 5) is 12.8. The highest BCUT2D eigenvalue weighted by atomic mass is 32.2. The van der Waals surface area contributed by atoms with Crippen LogP contribution in [0, 0.1) is 5.92 Å². The highest BCUT2D eigenvalue weighted by molar-refractivity contribution is 7.89. The van der Waals surface area contributed by atoms with Crippen molar-refractivity contribution < 1.29 is 18.5 Å². The van der Waals surface area contributed by atoms with Crippen molar-refractivity contribution in [2.75, 3.05) is 19.4 Å². The SMILES string of the molecule is CC(C)[C@@H]([NH2+][C@H](C)C(=O)Nc1cccc(S(=O)(=O)N(C)C)c1)c1ccccc1. The fourth-order valence-electron chi connectivity index (χ4n) is 2.99. The lowest BCUT2D eigenvalue weighted by atomic mass is 9.95. The summed E-state index contributed by atoms with van der Waals surface area (Å²) in [6, 6.07) is 16.3. The zero-order valence-corrected chi connectivity index (χ0v) is 17.9. The fraction of sp³-hybridized carbons (Fsp3) is 0.381. The average molecular weight is 405 g/mol. The number of hydrogen-bond donors (Lipinski definition) is 2. The lowest BCUT2D eigenvalue weighted by Crippen LogP contribution is -2.93. The minimum Gasteiger partial charge on any atom is -0.330 e. The van der Waals surface area contributed by atoms with Crippen LogP contribution in [0.4, 0.5) is 5.69 Å². The molecule has 0 saturated heterocycles. The highest BCUT2D eigenvalue weighted by Gasteiger charge is 2.26. The van der Waals surface area contributed by atoms with Crippen molar-refractivity contribution in [1.29, 1.82) is 0 Å². The van der Waals surface area contributed by atoms with Gasteiger partial charge in [0.2, 0.25) is 10.0 Å². The monoisotopic (exact) mass is 404 g/mol. The smallest absolute Gasteiger partial charge is 0.282 e. The van der Waals surface area contributed by atoms with E-state index in [-0.39, 0.29) is 22.9 Å². The van der Waals surface area contributed by atoms with Gasteiger partial charge in [0.05, 0.1) is 4.90 Å². The Balaban J connectivity index is 2.12. The maximum atomic E-state index is 12.7. The molecule has 0 aromatic heterocycles. The van der Waals surface area contributed by atoms with Gasteiger partial charge in [0, 0.05) is 31.3 Å².